The molecule has 0 radical (unpaired) electrons. The summed E-state index contributed by atoms with van der Waals surface area (Å²) in [7, 11) is 0. The summed E-state index contributed by atoms with van der Waals surface area (Å²) in [5.74, 6) is -1.10. The molecule has 1 fully saturated rings. The first-order valence-electron chi connectivity index (χ1n) is 6.81. The molecule has 3 atom stereocenters. The van der Waals surface area contributed by atoms with Gasteiger partial charge in [0.25, 0.3) is 0 Å². The van der Waals surface area contributed by atoms with Gasteiger partial charge in [0.05, 0.1) is 12.5 Å². The number of ether oxygens (including phenoxy) is 1. The minimum Gasteiger partial charge on any atom is -0.481 e. The molecule has 1 aliphatic heterocycles. The molecule has 3 unspecified atom stereocenters. The van der Waals surface area contributed by atoms with Crippen LogP contribution >= 0.6 is 0 Å². The number of carboxylic acid groups (broad SMARTS) is 1. The fraction of sp³-hybridized carbons (Fsp3) is 0.846. The summed E-state index contributed by atoms with van der Waals surface area (Å²) < 4.78 is 5.30. The molecule has 0 aromatic rings. The second-order valence-corrected chi connectivity index (χ2v) is 5.14. The SMILES string of the molecule is CCN(CC(C)C(=O)O)C(=O)NC(C)C1CCOC1. The van der Waals surface area contributed by atoms with Gasteiger partial charge in [-0.3, -0.25) is 4.79 Å². The Morgan fingerprint density at radius 3 is 2.63 bits per heavy atom. The maximum atomic E-state index is 12.1. The predicted octanol–water partition coefficient (Wildman–Crippen LogP) is 1.16. The van der Waals surface area contributed by atoms with E-state index in [9.17, 15) is 9.59 Å². The number of carbonyl (C=O) groups is 2. The fourth-order valence-corrected chi connectivity index (χ4v) is 2.12. The molecule has 1 aliphatic rings. The molecule has 2 amide bonds. The van der Waals surface area contributed by atoms with E-state index in [4.69, 9.17) is 9.84 Å². The first kappa shape index (κ1) is 15.8. The van der Waals surface area contributed by atoms with Gasteiger partial charge in [-0.15, -0.1) is 0 Å². The zero-order valence-electron chi connectivity index (χ0n) is 11.9. The van der Waals surface area contributed by atoms with Crippen LogP contribution in [0.2, 0.25) is 0 Å². The lowest BCUT2D eigenvalue weighted by atomic mass is 10.0. The van der Waals surface area contributed by atoms with E-state index in [1.54, 1.807) is 6.92 Å². The van der Waals surface area contributed by atoms with E-state index < -0.39 is 11.9 Å². The molecule has 2 N–H and O–H groups in total. The van der Waals surface area contributed by atoms with Gasteiger partial charge in [0, 0.05) is 31.7 Å². The van der Waals surface area contributed by atoms with Crippen LogP contribution in [0.1, 0.15) is 27.2 Å². The summed E-state index contributed by atoms with van der Waals surface area (Å²) in [6.07, 6.45) is 0.957. The van der Waals surface area contributed by atoms with E-state index in [1.165, 1.54) is 4.90 Å². The quantitative estimate of drug-likeness (QED) is 0.760. The van der Waals surface area contributed by atoms with Crippen molar-refractivity contribution in [1.82, 2.24) is 10.2 Å². The number of rotatable bonds is 6. The number of hydrogen-bond donors (Lipinski definition) is 2. The Labute approximate surface area is 114 Å². The number of carboxylic acids is 1. The lowest BCUT2D eigenvalue weighted by Crippen LogP contribution is -2.48. The highest BCUT2D eigenvalue weighted by molar-refractivity contribution is 5.76. The Kier molecular flexibility index (Phi) is 6.08. The van der Waals surface area contributed by atoms with Gasteiger partial charge in [0.1, 0.15) is 0 Å². The van der Waals surface area contributed by atoms with Crippen LogP contribution in [0, 0.1) is 11.8 Å². The highest BCUT2D eigenvalue weighted by Gasteiger charge is 2.26. The number of aliphatic carboxylic acids is 1. The Morgan fingerprint density at radius 1 is 1.47 bits per heavy atom. The summed E-state index contributed by atoms with van der Waals surface area (Å²) >= 11 is 0. The molecule has 6 nitrogen and oxygen atoms in total. The number of nitrogens with one attached hydrogen (secondary N) is 1. The number of carbonyl (C=O) groups excluding carboxylic acids is 1. The summed E-state index contributed by atoms with van der Waals surface area (Å²) in [5, 5.41) is 11.8. The van der Waals surface area contributed by atoms with E-state index in [0.717, 1.165) is 13.0 Å². The van der Waals surface area contributed by atoms with Crippen LogP contribution in [-0.2, 0) is 9.53 Å². The van der Waals surface area contributed by atoms with E-state index in [1.807, 2.05) is 13.8 Å². The van der Waals surface area contributed by atoms with Gasteiger partial charge in [-0.1, -0.05) is 6.92 Å². The maximum Gasteiger partial charge on any atom is 0.317 e. The van der Waals surface area contributed by atoms with Crippen molar-refractivity contribution < 1.29 is 19.4 Å². The van der Waals surface area contributed by atoms with Crippen LogP contribution in [0.4, 0.5) is 4.79 Å². The van der Waals surface area contributed by atoms with Crippen LogP contribution in [0.3, 0.4) is 0 Å². The number of hydrogen-bond acceptors (Lipinski definition) is 3. The van der Waals surface area contributed by atoms with E-state index in [-0.39, 0.29) is 18.6 Å². The van der Waals surface area contributed by atoms with Crippen molar-refractivity contribution in [2.75, 3.05) is 26.3 Å². The van der Waals surface area contributed by atoms with Crippen molar-refractivity contribution >= 4 is 12.0 Å². The van der Waals surface area contributed by atoms with Gasteiger partial charge < -0.3 is 20.1 Å². The maximum absolute atomic E-state index is 12.1. The third-order valence-electron chi connectivity index (χ3n) is 3.61. The van der Waals surface area contributed by atoms with Crippen LogP contribution in [-0.4, -0.2) is 54.4 Å². The minimum atomic E-state index is -0.886. The normalized spacial score (nSPS) is 21.7. The topological polar surface area (TPSA) is 78.9 Å². The van der Waals surface area contributed by atoms with Crippen molar-refractivity contribution in [1.29, 1.82) is 0 Å². The summed E-state index contributed by atoms with van der Waals surface area (Å²) in [5.41, 5.74) is 0. The molecule has 1 rings (SSSR count). The molecule has 0 saturated carbocycles. The molecular formula is C13H24N2O4. The van der Waals surface area contributed by atoms with Crippen molar-refractivity contribution in [2.45, 2.75) is 33.2 Å². The summed E-state index contributed by atoms with van der Waals surface area (Å²) in [6.45, 7) is 7.57. The third-order valence-corrected chi connectivity index (χ3v) is 3.61. The van der Waals surface area contributed by atoms with E-state index in [2.05, 4.69) is 5.32 Å². The molecular weight excluding hydrogens is 248 g/mol. The average Bonchev–Trinajstić information content (AvgIpc) is 2.88. The van der Waals surface area contributed by atoms with Crippen molar-refractivity contribution in [3.63, 3.8) is 0 Å². The Morgan fingerprint density at radius 2 is 2.16 bits per heavy atom. The van der Waals surface area contributed by atoms with Gasteiger partial charge in [0.2, 0.25) is 0 Å². The van der Waals surface area contributed by atoms with Gasteiger partial charge >= 0.3 is 12.0 Å². The van der Waals surface area contributed by atoms with Gasteiger partial charge in [0.15, 0.2) is 0 Å². The Balaban J connectivity index is 2.46. The molecule has 110 valence electrons. The molecule has 1 saturated heterocycles. The number of urea groups is 1. The average molecular weight is 272 g/mol. The zero-order chi connectivity index (χ0) is 14.4. The Bertz CT molecular complexity index is 316. The molecule has 19 heavy (non-hydrogen) atoms. The van der Waals surface area contributed by atoms with E-state index >= 15 is 0 Å². The highest BCUT2D eigenvalue weighted by Crippen LogP contribution is 2.16. The van der Waals surface area contributed by atoms with E-state index in [0.29, 0.717) is 19.1 Å². The summed E-state index contributed by atoms with van der Waals surface area (Å²) in [4.78, 5) is 24.4. The molecule has 0 spiro atoms. The molecule has 0 aromatic carbocycles. The predicted molar refractivity (Wildman–Crippen MR) is 71.0 cm³/mol. The van der Waals surface area contributed by atoms with Gasteiger partial charge in [-0.25, -0.2) is 4.79 Å². The lowest BCUT2D eigenvalue weighted by molar-refractivity contribution is -0.141. The molecule has 0 bridgehead atoms. The van der Waals surface area contributed by atoms with Crippen LogP contribution in [0.15, 0.2) is 0 Å². The van der Waals surface area contributed by atoms with Crippen LogP contribution in [0.5, 0.6) is 0 Å². The molecule has 1 heterocycles. The second kappa shape index (κ2) is 7.33. The third kappa shape index (κ3) is 4.70. The molecule has 0 aliphatic carbocycles. The van der Waals surface area contributed by atoms with Crippen LogP contribution < -0.4 is 5.32 Å². The lowest BCUT2D eigenvalue weighted by Gasteiger charge is -2.27. The molecule has 6 heteroatoms. The highest BCUT2D eigenvalue weighted by atomic mass is 16.5. The van der Waals surface area contributed by atoms with Crippen molar-refractivity contribution in [3.05, 3.63) is 0 Å². The first-order chi connectivity index (χ1) is 8.95. The van der Waals surface area contributed by atoms with Gasteiger partial charge in [-0.2, -0.15) is 0 Å². The minimum absolute atomic E-state index is 0.0455. The number of amides is 2. The first-order valence-corrected chi connectivity index (χ1v) is 6.81. The zero-order valence-corrected chi connectivity index (χ0v) is 11.9. The fourth-order valence-electron chi connectivity index (χ4n) is 2.12. The molecule has 0 aromatic heterocycles. The monoisotopic (exact) mass is 272 g/mol. The standard InChI is InChI=1S/C13H24N2O4/c1-4-15(7-9(2)12(16)17)13(18)14-10(3)11-5-6-19-8-11/h9-11H,4-8H2,1-3H3,(H,14,18)(H,16,17). The Hall–Kier alpha value is -1.30. The largest absolute Gasteiger partial charge is 0.481 e. The van der Waals surface area contributed by atoms with Crippen molar-refractivity contribution in [3.8, 4) is 0 Å². The smallest absolute Gasteiger partial charge is 0.317 e. The van der Waals surface area contributed by atoms with Crippen molar-refractivity contribution in [2.24, 2.45) is 11.8 Å². The second-order valence-electron chi connectivity index (χ2n) is 5.14. The van der Waals surface area contributed by atoms with Gasteiger partial charge in [-0.05, 0) is 20.3 Å². The summed E-state index contributed by atoms with van der Waals surface area (Å²) in [6, 6.07) is -0.154. The van der Waals surface area contributed by atoms with Crippen LogP contribution in [0.25, 0.3) is 0 Å². The number of nitrogens with zero attached hydrogens (tertiary/aromatic N) is 1.